The lowest BCUT2D eigenvalue weighted by atomic mass is 9.79. The predicted octanol–water partition coefficient (Wildman–Crippen LogP) is 6.67. The largest absolute Gasteiger partial charge is 0.417 e. The SMILES string of the molecule is CSc1cc(C(F)(F)F)cc(C(F)(F)F)c1C(=O)C[C@@H]1CCCC[C@@H]1N1CCCC1. The third-order valence-corrected chi connectivity index (χ3v) is 6.92. The van der Waals surface area contributed by atoms with E-state index in [-0.39, 0.29) is 29.3 Å². The highest BCUT2D eigenvalue weighted by Crippen LogP contribution is 2.43. The van der Waals surface area contributed by atoms with Crippen molar-refractivity contribution >= 4 is 17.5 Å². The van der Waals surface area contributed by atoms with Crippen LogP contribution in [0.15, 0.2) is 17.0 Å². The number of benzene rings is 1. The minimum atomic E-state index is -5.04. The Bertz CT molecular complexity index is 770. The van der Waals surface area contributed by atoms with E-state index in [1.165, 1.54) is 6.26 Å². The van der Waals surface area contributed by atoms with Crippen LogP contribution in [0.25, 0.3) is 0 Å². The zero-order valence-corrected chi connectivity index (χ0v) is 17.5. The number of hydrogen-bond donors (Lipinski definition) is 0. The molecule has 0 spiro atoms. The molecule has 0 unspecified atom stereocenters. The Balaban J connectivity index is 1.95. The Labute approximate surface area is 176 Å². The second-order valence-electron chi connectivity index (χ2n) is 8.08. The van der Waals surface area contributed by atoms with E-state index < -0.39 is 34.8 Å². The van der Waals surface area contributed by atoms with Gasteiger partial charge in [0.2, 0.25) is 0 Å². The molecule has 0 amide bonds. The molecule has 3 rings (SSSR count). The lowest BCUT2D eigenvalue weighted by molar-refractivity contribution is -0.143. The normalized spacial score (nSPS) is 23.7. The highest BCUT2D eigenvalue weighted by molar-refractivity contribution is 7.98. The first-order valence-corrected chi connectivity index (χ1v) is 11.4. The van der Waals surface area contributed by atoms with Crippen molar-refractivity contribution in [2.24, 2.45) is 5.92 Å². The number of ketones is 1. The van der Waals surface area contributed by atoms with Crippen LogP contribution in [-0.4, -0.2) is 36.1 Å². The van der Waals surface area contributed by atoms with Crippen molar-refractivity contribution in [2.75, 3.05) is 19.3 Å². The van der Waals surface area contributed by atoms with Gasteiger partial charge in [-0.15, -0.1) is 11.8 Å². The van der Waals surface area contributed by atoms with Gasteiger partial charge in [-0.1, -0.05) is 12.8 Å². The molecule has 2 fully saturated rings. The van der Waals surface area contributed by atoms with Crippen LogP contribution in [0.3, 0.4) is 0 Å². The zero-order valence-electron chi connectivity index (χ0n) is 16.7. The fraction of sp³-hybridized carbons (Fsp3) is 0.667. The molecule has 1 aliphatic carbocycles. The first kappa shape index (κ1) is 23.4. The van der Waals surface area contributed by atoms with Crippen LogP contribution in [0, 0.1) is 5.92 Å². The quantitative estimate of drug-likeness (QED) is 0.282. The fourth-order valence-electron chi connectivity index (χ4n) is 4.77. The summed E-state index contributed by atoms with van der Waals surface area (Å²) in [7, 11) is 0. The number of alkyl halides is 6. The van der Waals surface area contributed by atoms with Crippen LogP contribution in [0.1, 0.15) is 66.4 Å². The second kappa shape index (κ2) is 9.10. The summed E-state index contributed by atoms with van der Waals surface area (Å²) in [6.45, 7) is 1.86. The van der Waals surface area contributed by atoms with E-state index in [0.717, 1.165) is 63.4 Å². The molecule has 1 saturated carbocycles. The maximum atomic E-state index is 13.7. The summed E-state index contributed by atoms with van der Waals surface area (Å²) in [5, 5.41) is 0. The van der Waals surface area contributed by atoms with E-state index in [1.807, 2.05) is 0 Å². The van der Waals surface area contributed by atoms with Gasteiger partial charge in [-0.05, 0) is 63.1 Å². The van der Waals surface area contributed by atoms with Crippen molar-refractivity contribution in [1.82, 2.24) is 4.90 Å². The van der Waals surface area contributed by atoms with Gasteiger partial charge in [0.05, 0.1) is 11.1 Å². The Kier molecular flexibility index (Phi) is 7.11. The predicted molar refractivity (Wildman–Crippen MR) is 104 cm³/mol. The van der Waals surface area contributed by atoms with E-state index in [4.69, 9.17) is 0 Å². The molecular formula is C21H25F6NOS. The number of thioether (sulfide) groups is 1. The summed E-state index contributed by atoms with van der Waals surface area (Å²) < 4.78 is 80.4. The van der Waals surface area contributed by atoms with Crippen molar-refractivity contribution in [1.29, 1.82) is 0 Å². The molecule has 1 saturated heterocycles. The summed E-state index contributed by atoms with van der Waals surface area (Å²) in [4.78, 5) is 15.1. The molecule has 1 heterocycles. The lowest BCUT2D eigenvalue weighted by Crippen LogP contribution is -2.41. The smallest absolute Gasteiger partial charge is 0.300 e. The average molecular weight is 453 g/mol. The van der Waals surface area contributed by atoms with Crippen molar-refractivity contribution in [3.05, 3.63) is 28.8 Å². The van der Waals surface area contributed by atoms with Crippen LogP contribution in [0.4, 0.5) is 26.3 Å². The molecule has 0 aromatic heterocycles. The van der Waals surface area contributed by atoms with Crippen molar-refractivity contribution < 1.29 is 31.1 Å². The van der Waals surface area contributed by atoms with E-state index >= 15 is 0 Å². The standard InChI is InChI=1S/C21H25F6NOS/c1-30-18-12-14(20(22,23)24)11-15(21(25,26)27)19(18)17(29)10-13-6-2-3-7-16(13)28-8-4-5-9-28/h11-13,16H,2-10H2,1H3/t13-,16-/m0/s1. The molecule has 1 aromatic carbocycles. The summed E-state index contributed by atoms with van der Waals surface area (Å²) in [5.41, 5.74) is -3.49. The highest BCUT2D eigenvalue weighted by Gasteiger charge is 2.42. The Morgan fingerprint density at radius 2 is 1.63 bits per heavy atom. The van der Waals surface area contributed by atoms with E-state index in [1.54, 1.807) is 0 Å². The van der Waals surface area contributed by atoms with Gasteiger partial charge in [-0.3, -0.25) is 4.79 Å². The first-order chi connectivity index (χ1) is 14.0. The van der Waals surface area contributed by atoms with Gasteiger partial charge in [0.15, 0.2) is 5.78 Å². The lowest BCUT2D eigenvalue weighted by Gasteiger charge is -2.38. The van der Waals surface area contributed by atoms with Gasteiger partial charge in [-0.25, -0.2) is 0 Å². The molecule has 9 heteroatoms. The number of halogens is 6. The molecule has 0 N–H and O–H groups in total. The summed E-state index contributed by atoms with van der Waals surface area (Å²) in [5.74, 6) is -0.779. The number of nitrogens with zero attached hydrogens (tertiary/aromatic N) is 1. The molecule has 30 heavy (non-hydrogen) atoms. The second-order valence-corrected chi connectivity index (χ2v) is 8.93. The van der Waals surface area contributed by atoms with Gasteiger partial charge in [0, 0.05) is 22.9 Å². The average Bonchev–Trinajstić information content (AvgIpc) is 3.20. The summed E-state index contributed by atoms with van der Waals surface area (Å²) in [6.07, 6.45) is -2.89. The molecule has 1 aromatic rings. The minimum Gasteiger partial charge on any atom is -0.300 e. The van der Waals surface area contributed by atoms with Crippen LogP contribution in [-0.2, 0) is 12.4 Å². The van der Waals surface area contributed by atoms with E-state index in [9.17, 15) is 31.1 Å². The molecule has 0 bridgehead atoms. The Morgan fingerprint density at radius 3 is 2.20 bits per heavy atom. The number of rotatable bonds is 5. The molecule has 2 atom stereocenters. The van der Waals surface area contributed by atoms with E-state index in [2.05, 4.69) is 4.90 Å². The maximum absolute atomic E-state index is 13.7. The summed E-state index contributed by atoms with van der Waals surface area (Å²) >= 11 is 0.741. The number of Topliss-reactive ketones (excluding diaryl/α,β-unsaturated/α-hetero) is 1. The molecule has 2 nitrogen and oxygen atoms in total. The first-order valence-electron chi connectivity index (χ1n) is 10.2. The fourth-order valence-corrected chi connectivity index (χ4v) is 5.44. The van der Waals surface area contributed by atoms with Gasteiger partial charge >= 0.3 is 12.4 Å². The van der Waals surface area contributed by atoms with Crippen LogP contribution in [0.5, 0.6) is 0 Å². The Morgan fingerprint density at radius 1 is 1.00 bits per heavy atom. The molecule has 168 valence electrons. The van der Waals surface area contributed by atoms with Gasteiger partial charge < -0.3 is 4.90 Å². The molecule has 2 aliphatic rings. The monoisotopic (exact) mass is 453 g/mol. The topological polar surface area (TPSA) is 20.3 Å². The summed E-state index contributed by atoms with van der Waals surface area (Å²) in [6, 6.07) is 0.893. The maximum Gasteiger partial charge on any atom is 0.417 e. The number of hydrogen-bond acceptors (Lipinski definition) is 3. The Hall–Kier alpha value is -1.22. The van der Waals surface area contributed by atoms with Gasteiger partial charge in [0.25, 0.3) is 0 Å². The third-order valence-electron chi connectivity index (χ3n) is 6.16. The number of carbonyl (C=O) groups excluding carboxylic acids is 1. The van der Waals surface area contributed by atoms with Crippen LogP contribution < -0.4 is 0 Å². The number of likely N-dealkylation sites (tertiary alicyclic amines) is 1. The van der Waals surface area contributed by atoms with Gasteiger partial charge in [0.1, 0.15) is 0 Å². The molecule has 1 aliphatic heterocycles. The van der Waals surface area contributed by atoms with Crippen molar-refractivity contribution in [3.8, 4) is 0 Å². The highest BCUT2D eigenvalue weighted by atomic mass is 32.2. The van der Waals surface area contributed by atoms with Crippen molar-refractivity contribution in [3.63, 3.8) is 0 Å². The minimum absolute atomic E-state index is 0.0663. The number of carbonyl (C=O) groups is 1. The molecule has 0 radical (unpaired) electrons. The zero-order chi connectivity index (χ0) is 22.1. The third kappa shape index (κ3) is 5.15. The molecular weight excluding hydrogens is 428 g/mol. The van der Waals surface area contributed by atoms with Crippen LogP contribution >= 0.6 is 11.8 Å². The van der Waals surface area contributed by atoms with E-state index in [0.29, 0.717) is 6.07 Å². The van der Waals surface area contributed by atoms with Crippen LogP contribution in [0.2, 0.25) is 0 Å². The van der Waals surface area contributed by atoms with Gasteiger partial charge in [-0.2, -0.15) is 26.3 Å². The van der Waals surface area contributed by atoms with Crippen molar-refractivity contribution in [2.45, 2.75) is 68.2 Å².